The maximum atomic E-state index is 12.0. The molecule has 8 heteroatoms. The number of anilines is 1. The molecular weight excluding hydrogens is 486 g/mol. The van der Waals surface area contributed by atoms with Crippen molar-refractivity contribution in [3.63, 3.8) is 0 Å². The van der Waals surface area contributed by atoms with Crippen LogP contribution in [-0.4, -0.2) is 25.0 Å². The molecule has 0 saturated heterocycles. The molecule has 1 amide bonds. The molecule has 140 valence electrons. The van der Waals surface area contributed by atoms with Gasteiger partial charge < -0.3 is 16.4 Å². The molecule has 0 aliphatic rings. The van der Waals surface area contributed by atoms with Crippen LogP contribution in [0.4, 0.5) is 5.69 Å². The number of benzene rings is 2. The second-order valence-electron chi connectivity index (χ2n) is 5.33. The molecule has 0 aromatic heterocycles. The molecule has 26 heavy (non-hydrogen) atoms. The lowest BCUT2D eigenvalue weighted by Crippen LogP contribution is -2.28. The van der Waals surface area contributed by atoms with Crippen molar-refractivity contribution in [1.82, 2.24) is 5.32 Å². The fraction of sp³-hybridized carbons (Fsp3) is 0.222. The first-order valence-electron chi connectivity index (χ1n) is 7.88. The van der Waals surface area contributed by atoms with Crippen LogP contribution >= 0.6 is 47.2 Å². The van der Waals surface area contributed by atoms with Crippen LogP contribution in [0.2, 0.25) is 10.0 Å². The number of amides is 1. The zero-order chi connectivity index (χ0) is 18.2. The lowest BCUT2D eigenvalue weighted by molar-refractivity contribution is 0.0955. The predicted molar refractivity (Wildman–Crippen MR) is 120 cm³/mol. The summed E-state index contributed by atoms with van der Waals surface area (Å²) in [5.41, 5.74) is 8.40. The Kier molecular flexibility index (Phi) is 9.75. The van der Waals surface area contributed by atoms with Crippen molar-refractivity contribution in [3.05, 3.63) is 63.6 Å². The van der Waals surface area contributed by atoms with Crippen molar-refractivity contribution in [2.24, 2.45) is 10.7 Å². The summed E-state index contributed by atoms with van der Waals surface area (Å²) in [4.78, 5) is 16.2. The number of aryl methyl sites for hydroxylation is 1. The van der Waals surface area contributed by atoms with Crippen LogP contribution in [0.25, 0.3) is 0 Å². The molecule has 0 fully saturated rings. The Morgan fingerprint density at radius 1 is 1.15 bits per heavy atom. The van der Waals surface area contributed by atoms with E-state index in [1.54, 1.807) is 12.1 Å². The quantitative estimate of drug-likeness (QED) is 0.236. The highest BCUT2D eigenvalue weighted by atomic mass is 127. The maximum Gasteiger partial charge on any atom is 0.251 e. The van der Waals surface area contributed by atoms with E-state index < -0.39 is 0 Å². The standard InChI is InChI=1S/C18H20Cl2N4O.HI/c1-2-12-4-3-5-14(10-12)24-18(21)23-9-8-22-17(25)13-6-7-15(19)16(20)11-13;/h3-7,10-11H,2,8-9H2,1H3,(H,22,25)(H3,21,23,24);1H. The fourth-order valence-corrected chi connectivity index (χ4v) is 2.44. The molecule has 0 heterocycles. The molecule has 0 spiro atoms. The van der Waals surface area contributed by atoms with Crippen LogP contribution in [0.1, 0.15) is 22.8 Å². The predicted octanol–water partition coefficient (Wildman–Crippen LogP) is 4.33. The van der Waals surface area contributed by atoms with Gasteiger partial charge in [0.2, 0.25) is 0 Å². The lowest BCUT2D eigenvalue weighted by Gasteiger charge is -2.08. The van der Waals surface area contributed by atoms with E-state index in [-0.39, 0.29) is 29.9 Å². The Labute approximate surface area is 180 Å². The van der Waals surface area contributed by atoms with E-state index in [4.69, 9.17) is 28.9 Å². The summed E-state index contributed by atoms with van der Waals surface area (Å²) in [6.07, 6.45) is 0.952. The van der Waals surface area contributed by atoms with Crippen LogP contribution < -0.4 is 16.4 Å². The third-order valence-electron chi connectivity index (χ3n) is 3.47. The van der Waals surface area contributed by atoms with Crippen LogP contribution in [-0.2, 0) is 6.42 Å². The number of rotatable bonds is 6. The first-order valence-corrected chi connectivity index (χ1v) is 8.64. The third-order valence-corrected chi connectivity index (χ3v) is 4.21. The van der Waals surface area contributed by atoms with E-state index in [0.29, 0.717) is 34.7 Å². The van der Waals surface area contributed by atoms with Crippen LogP contribution in [0.5, 0.6) is 0 Å². The van der Waals surface area contributed by atoms with E-state index in [0.717, 1.165) is 12.1 Å². The number of hydrogen-bond donors (Lipinski definition) is 3. The first-order chi connectivity index (χ1) is 12.0. The van der Waals surface area contributed by atoms with Crippen molar-refractivity contribution in [2.75, 3.05) is 18.4 Å². The Bertz CT molecular complexity index is 784. The van der Waals surface area contributed by atoms with Crippen molar-refractivity contribution >= 4 is 64.7 Å². The minimum absolute atomic E-state index is 0. The molecule has 0 unspecified atom stereocenters. The second kappa shape index (κ2) is 11.3. The van der Waals surface area contributed by atoms with Gasteiger partial charge >= 0.3 is 0 Å². The van der Waals surface area contributed by atoms with E-state index in [1.807, 2.05) is 18.2 Å². The Hall–Kier alpha value is -1.51. The van der Waals surface area contributed by atoms with Gasteiger partial charge in [-0.15, -0.1) is 24.0 Å². The summed E-state index contributed by atoms with van der Waals surface area (Å²) in [6.45, 7) is 2.81. The molecule has 5 nitrogen and oxygen atoms in total. The summed E-state index contributed by atoms with van der Waals surface area (Å²) in [6, 6.07) is 12.7. The number of nitrogens with zero attached hydrogens (tertiary/aromatic N) is 1. The minimum Gasteiger partial charge on any atom is -0.370 e. The van der Waals surface area contributed by atoms with Gasteiger partial charge in [-0.25, -0.2) is 0 Å². The molecule has 0 saturated carbocycles. The molecule has 0 radical (unpaired) electrons. The first kappa shape index (κ1) is 22.5. The zero-order valence-corrected chi connectivity index (χ0v) is 18.1. The molecule has 0 atom stereocenters. The second-order valence-corrected chi connectivity index (χ2v) is 6.15. The number of carbonyl (C=O) groups is 1. The number of nitrogens with one attached hydrogen (secondary N) is 2. The number of carbonyl (C=O) groups excluding carboxylic acids is 1. The molecular formula is C18H21Cl2IN4O. The van der Waals surface area contributed by atoms with Gasteiger partial charge in [-0.05, 0) is 42.3 Å². The maximum absolute atomic E-state index is 12.0. The normalized spacial score (nSPS) is 10.8. The molecule has 4 N–H and O–H groups in total. The zero-order valence-electron chi connectivity index (χ0n) is 14.3. The van der Waals surface area contributed by atoms with Gasteiger partial charge in [-0.1, -0.05) is 42.3 Å². The Morgan fingerprint density at radius 2 is 1.92 bits per heavy atom. The van der Waals surface area contributed by atoms with Gasteiger partial charge in [0.15, 0.2) is 5.96 Å². The van der Waals surface area contributed by atoms with Crippen molar-refractivity contribution in [3.8, 4) is 0 Å². The molecule has 0 aliphatic heterocycles. The number of guanidine groups is 1. The third kappa shape index (κ3) is 7.01. The number of hydrogen-bond acceptors (Lipinski definition) is 2. The van der Waals surface area contributed by atoms with E-state index in [9.17, 15) is 4.79 Å². The average molecular weight is 507 g/mol. The fourth-order valence-electron chi connectivity index (χ4n) is 2.14. The van der Waals surface area contributed by atoms with Gasteiger partial charge in [0, 0.05) is 17.8 Å². The summed E-state index contributed by atoms with van der Waals surface area (Å²) >= 11 is 11.7. The summed E-state index contributed by atoms with van der Waals surface area (Å²) in [7, 11) is 0. The number of aliphatic imine (C=N–C) groups is 1. The largest absolute Gasteiger partial charge is 0.370 e. The van der Waals surface area contributed by atoms with Gasteiger partial charge in [-0.2, -0.15) is 0 Å². The van der Waals surface area contributed by atoms with Gasteiger partial charge in [-0.3, -0.25) is 9.79 Å². The lowest BCUT2D eigenvalue weighted by atomic mass is 10.1. The summed E-state index contributed by atoms with van der Waals surface area (Å²) in [5, 5.41) is 6.54. The topological polar surface area (TPSA) is 79.5 Å². The van der Waals surface area contributed by atoms with E-state index in [1.165, 1.54) is 11.6 Å². The highest BCUT2D eigenvalue weighted by Crippen LogP contribution is 2.22. The molecule has 0 bridgehead atoms. The Balaban J connectivity index is 0.00000338. The monoisotopic (exact) mass is 506 g/mol. The van der Waals surface area contributed by atoms with Crippen LogP contribution in [0, 0.1) is 0 Å². The molecule has 0 aliphatic carbocycles. The van der Waals surface area contributed by atoms with Crippen molar-refractivity contribution in [1.29, 1.82) is 0 Å². The van der Waals surface area contributed by atoms with Gasteiger partial charge in [0.1, 0.15) is 0 Å². The summed E-state index contributed by atoms with van der Waals surface area (Å²) in [5.74, 6) is 0.0629. The molecule has 2 rings (SSSR count). The highest BCUT2D eigenvalue weighted by Gasteiger charge is 2.07. The van der Waals surface area contributed by atoms with Gasteiger partial charge in [0.25, 0.3) is 5.91 Å². The van der Waals surface area contributed by atoms with E-state index >= 15 is 0 Å². The number of nitrogens with two attached hydrogens (primary N) is 1. The van der Waals surface area contributed by atoms with Crippen LogP contribution in [0.15, 0.2) is 47.5 Å². The van der Waals surface area contributed by atoms with Crippen molar-refractivity contribution < 1.29 is 4.79 Å². The van der Waals surface area contributed by atoms with Crippen LogP contribution in [0.3, 0.4) is 0 Å². The van der Waals surface area contributed by atoms with E-state index in [2.05, 4.69) is 28.6 Å². The van der Waals surface area contributed by atoms with Gasteiger partial charge in [0.05, 0.1) is 16.6 Å². The molecule has 2 aromatic carbocycles. The number of halogens is 3. The smallest absolute Gasteiger partial charge is 0.251 e. The summed E-state index contributed by atoms with van der Waals surface area (Å²) < 4.78 is 0. The Morgan fingerprint density at radius 3 is 2.62 bits per heavy atom. The molecule has 2 aromatic rings. The SMILES string of the molecule is CCc1cccc(NC(N)=NCCNC(=O)c2ccc(Cl)c(Cl)c2)c1.I. The average Bonchev–Trinajstić information content (AvgIpc) is 2.61. The highest BCUT2D eigenvalue weighted by molar-refractivity contribution is 14.0. The minimum atomic E-state index is -0.240. The van der Waals surface area contributed by atoms with Crippen molar-refractivity contribution in [2.45, 2.75) is 13.3 Å².